The SMILES string of the molecule is CCOc1ccc(/C(O)=C2\C(=O)C(=O)N(c3nccs3)[C@H]2c2ccc(OC)cc2)cc1. The van der Waals surface area contributed by atoms with Gasteiger partial charge in [0, 0.05) is 17.1 Å². The summed E-state index contributed by atoms with van der Waals surface area (Å²) in [5.74, 6) is -0.456. The Labute approximate surface area is 183 Å². The Morgan fingerprint density at radius 1 is 1.10 bits per heavy atom. The number of Topliss-reactive ketones (excluding diaryl/α,β-unsaturated/α-hetero) is 1. The molecule has 2 aromatic carbocycles. The molecule has 4 rings (SSSR count). The van der Waals surface area contributed by atoms with Crippen LogP contribution in [0.2, 0.25) is 0 Å². The second-order valence-electron chi connectivity index (χ2n) is 6.71. The lowest BCUT2D eigenvalue weighted by molar-refractivity contribution is -0.132. The predicted octanol–water partition coefficient (Wildman–Crippen LogP) is 4.18. The highest BCUT2D eigenvalue weighted by Crippen LogP contribution is 2.43. The zero-order valence-corrected chi connectivity index (χ0v) is 17.8. The number of hydrogen-bond acceptors (Lipinski definition) is 7. The molecule has 3 aromatic rings. The number of rotatable bonds is 6. The van der Waals surface area contributed by atoms with Gasteiger partial charge in [0.05, 0.1) is 25.3 Å². The topological polar surface area (TPSA) is 89.0 Å². The summed E-state index contributed by atoms with van der Waals surface area (Å²) in [5, 5.41) is 13.2. The predicted molar refractivity (Wildman–Crippen MR) is 118 cm³/mol. The van der Waals surface area contributed by atoms with Gasteiger partial charge < -0.3 is 14.6 Å². The van der Waals surface area contributed by atoms with Gasteiger partial charge in [-0.15, -0.1) is 11.3 Å². The number of thiazole rings is 1. The lowest BCUT2D eigenvalue weighted by atomic mass is 9.95. The molecule has 8 heteroatoms. The van der Waals surface area contributed by atoms with Crippen LogP contribution in [0, 0.1) is 0 Å². The van der Waals surface area contributed by atoms with E-state index in [-0.39, 0.29) is 11.3 Å². The lowest BCUT2D eigenvalue weighted by Gasteiger charge is -2.23. The van der Waals surface area contributed by atoms with Crippen LogP contribution in [0.1, 0.15) is 24.1 Å². The van der Waals surface area contributed by atoms with Gasteiger partial charge in [-0.1, -0.05) is 12.1 Å². The Balaban J connectivity index is 1.85. The van der Waals surface area contributed by atoms with Crippen LogP contribution in [0.25, 0.3) is 5.76 Å². The average Bonchev–Trinajstić information content (AvgIpc) is 3.41. The smallest absolute Gasteiger partial charge is 0.301 e. The highest BCUT2D eigenvalue weighted by atomic mass is 32.1. The maximum atomic E-state index is 13.0. The fraction of sp³-hybridized carbons (Fsp3) is 0.174. The van der Waals surface area contributed by atoms with Crippen LogP contribution in [0.4, 0.5) is 5.13 Å². The third kappa shape index (κ3) is 3.77. The van der Waals surface area contributed by atoms with E-state index in [4.69, 9.17) is 9.47 Å². The maximum absolute atomic E-state index is 13.0. The van der Waals surface area contributed by atoms with Crippen LogP contribution in [0.3, 0.4) is 0 Å². The molecule has 0 aliphatic carbocycles. The first-order valence-corrected chi connectivity index (χ1v) is 10.5. The van der Waals surface area contributed by atoms with Gasteiger partial charge in [-0.05, 0) is 48.9 Å². The first kappa shape index (κ1) is 20.6. The van der Waals surface area contributed by atoms with E-state index in [0.717, 1.165) is 0 Å². The molecule has 1 aliphatic rings. The van der Waals surface area contributed by atoms with Gasteiger partial charge in [-0.25, -0.2) is 4.98 Å². The van der Waals surface area contributed by atoms with E-state index in [1.54, 1.807) is 67.2 Å². The Kier molecular flexibility index (Phi) is 5.73. The highest BCUT2D eigenvalue weighted by Gasteiger charge is 2.47. The number of hydrogen-bond donors (Lipinski definition) is 1. The number of carbonyl (C=O) groups is 2. The van der Waals surface area contributed by atoms with Crippen LogP contribution in [0.15, 0.2) is 65.7 Å². The summed E-state index contributed by atoms with van der Waals surface area (Å²) in [4.78, 5) is 31.5. The molecular formula is C23H20N2O5S. The number of ketones is 1. The van der Waals surface area contributed by atoms with Gasteiger partial charge in [0.2, 0.25) is 0 Å². The molecule has 1 N–H and O–H groups in total. The number of amides is 1. The number of anilines is 1. The molecule has 0 bridgehead atoms. The van der Waals surface area contributed by atoms with Gasteiger partial charge in [0.15, 0.2) is 5.13 Å². The van der Waals surface area contributed by atoms with Crippen molar-refractivity contribution in [2.45, 2.75) is 13.0 Å². The van der Waals surface area contributed by atoms with E-state index in [1.165, 1.54) is 16.2 Å². The monoisotopic (exact) mass is 436 g/mol. The Morgan fingerprint density at radius 3 is 2.35 bits per heavy atom. The molecule has 1 fully saturated rings. The summed E-state index contributed by atoms with van der Waals surface area (Å²) in [7, 11) is 1.56. The van der Waals surface area contributed by atoms with Gasteiger partial charge in [0.25, 0.3) is 5.78 Å². The van der Waals surface area contributed by atoms with E-state index in [1.807, 2.05) is 6.92 Å². The van der Waals surface area contributed by atoms with Crippen LogP contribution < -0.4 is 14.4 Å². The fourth-order valence-electron chi connectivity index (χ4n) is 3.50. The standard InChI is InChI=1S/C23H20N2O5S/c1-3-30-17-10-6-15(7-11-17)20(26)18-19(14-4-8-16(29-2)9-5-14)25(22(28)21(18)27)23-24-12-13-31-23/h4-13,19,26H,3H2,1-2H3/b20-18+/t19-/m0/s1. The molecule has 0 spiro atoms. The molecule has 7 nitrogen and oxygen atoms in total. The first-order chi connectivity index (χ1) is 15.0. The summed E-state index contributed by atoms with van der Waals surface area (Å²) in [5.41, 5.74) is 1.08. The number of benzene rings is 2. The highest BCUT2D eigenvalue weighted by molar-refractivity contribution is 7.14. The minimum Gasteiger partial charge on any atom is -0.507 e. The summed E-state index contributed by atoms with van der Waals surface area (Å²) < 4.78 is 10.7. The van der Waals surface area contributed by atoms with Crippen molar-refractivity contribution in [2.75, 3.05) is 18.6 Å². The molecule has 0 saturated carbocycles. The largest absolute Gasteiger partial charge is 0.507 e. The molecule has 1 amide bonds. The number of methoxy groups -OCH3 is 1. The second kappa shape index (κ2) is 8.61. The number of aromatic nitrogens is 1. The second-order valence-corrected chi connectivity index (χ2v) is 7.59. The summed E-state index contributed by atoms with van der Waals surface area (Å²) >= 11 is 1.25. The van der Waals surface area contributed by atoms with Gasteiger partial charge in [0.1, 0.15) is 17.3 Å². The molecule has 0 radical (unpaired) electrons. The van der Waals surface area contributed by atoms with Crippen LogP contribution in [-0.2, 0) is 9.59 Å². The number of nitrogens with zero attached hydrogens (tertiary/aromatic N) is 2. The van der Waals surface area contributed by atoms with Crippen molar-refractivity contribution in [2.24, 2.45) is 0 Å². The van der Waals surface area contributed by atoms with Gasteiger partial charge in [-0.3, -0.25) is 14.5 Å². The van der Waals surface area contributed by atoms with Crippen molar-refractivity contribution in [1.82, 2.24) is 4.98 Å². The van der Waals surface area contributed by atoms with Crippen LogP contribution in [0.5, 0.6) is 11.5 Å². The summed E-state index contributed by atoms with van der Waals surface area (Å²) in [6.07, 6.45) is 1.57. The number of carbonyl (C=O) groups excluding carboxylic acids is 2. The Hall–Kier alpha value is -3.65. The first-order valence-electron chi connectivity index (χ1n) is 9.62. The van der Waals surface area contributed by atoms with Crippen molar-refractivity contribution in [3.63, 3.8) is 0 Å². The number of ether oxygens (including phenoxy) is 2. The van der Waals surface area contributed by atoms with Crippen LogP contribution >= 0.6 is 11.3 Å². The zero-order valence-electron chi connectivity index (χ0n) is 16.9. The molecule has 1 saturated heterocycles. The lowest BCUT2D eigenvalue weighted by Crippen LogP contribution is -2.29. The molecular weight excluding hydrogens is 416 g/mol. The van der Waals surface area contributed by atoms with Gasteiger partial charge >= 0.3 is 5.91 Å². The molecule has 0 unspecified atom stereocenters. The summed E-state index contributed by atoms with van der Waals surface area (Å²) in [6, 6.07) is 12.9. The molecule has 2 heterocycles. The molecule has 1 atom stereocenters. The third-order valence-corrected chi connectivity index (χ3v) is 5.71. The van der Waals surface area contributed by atoms with Crippen molar-refractivity contribution in [3.05, 3.63) is 76.8 Å². The Bertz CT molecular complexity index is 1120. The van der Waals surface area contributed by atoms with Crippen molar-refractivity contribution >= 4 is 33.9 Å². The normalized spacial score (nSPS) is 17.7. The number of aliphatic hydroxyl groups excluding tert-OH is 1. The molecule has 1 aromatic heterocycles. The zero-order chi connectivity index (χ0) is 22.0. The van der Waals surface area contributed by atoms with E-state index < -0.39 is 17.7 Å². The fourth-order valence-corrected chi connectivity index (χ4v) is 4.16. The van der Waals surface area contributed by atoms with Crippen molar-refractivity contribution in [1.29, 1.82) is 0 Å². The van der Waals surface area contributed by atoms with E-state index >= 15 is 0 Å². The van der Waals surface area contributed by atoms with E-state index in [2.05, 4.69) is 4.98 Å². The van der Waals surface area contributed by atoms with E-state index in [9.17, 15) is 14.7 Å². The number of aliphatic hydroxyl groups is 1. The quantitative estimate of drug-likeness (QED) is 0.354. The van der Waals surface area contributed by atoms with Crippen molar-refractivity contribution in [3.8, 4) is 11.5 Å². The Morgan fingerprint density at radius 2 is 1.77 bits per heavy atom. The summed E-state index contributed by atoms with van der Waals surface area (Å²) in [6.45, 7) is 2.39. The van der Waals surface area contributed by atoms with E-state index in [0.29, 0.717) is 34.4 Å². The average molecular weight is 436 g/mol. The van der Waals surface area contributed by atoms with Gasteiger partial charge in [-0.2, -0.15) is 0 Å². The maximum Gasteiger partial charge on any atom is 0.301 e. The molecule has 1 aliphatic heterocycles. The van der Waals surface area contributed by atoms with Crippen molar-refractivity contribution < 1.29 is 24.2 Å². The molecule has 31 heavy (non-hydrogen) atoms. The minimum absolute atomic E-state index is 0.00882. The van der Waals surface area contributed by atoms with Crippen LogP contribution in [-0.4, -0.2) is 35.5 Å². The third-order valence-electron chi connectivity index (χ3n) is 4.94. The minimum atomic E-state index is -0.816. The molecule has 158 valence electrons.